The first-order valence-corrected chi connectivity index (χ1v) is 7.71. The van der Waals surface area contributed by atoms with Crippen molar-refractivity contribution in [3.8, 4) is 5.75 Å². The molecule has 0 unspecified atom stereocenters. The first-order valence-electron chi connectivity index (χ1n) is 7.71. The van der Waals surface area contributed by atoms with Crippen molar-refractivity contribution in [2.75, 3.05) is 5.43 Å². The second-order valence-electron chi connectivity index (χ2n) is 5.37. The molecule has 0 heterocycles. The molecule has 0 amide bonds. The first-order chi connectivity index (χ1) is 12.2. The van der Waals surface area contributed by atoms with Gasteiger partial charge in [0, 0.05) is 6.07 Å². The molecule has 0 bridgehead atoms. The van der Waals surface area contributed by atoms with Gasteiger partial charge in [-0.15, -0.1) is 0 Å². The van der Waals surface area contributed by atoms with E-state index >= 15 is 0 Å². The molecular weight excluding hydrogens is 322 g/mol. The topological polar surface area (TPSA) is 33.6 Å². The highest BCUT2D eigenvalue weighted by atomic mass is 19.1. The Hall–Kier alpha value is -3.21. The molecule has 0 aromatic heterocycles. The lowest BCUT2D eigenvalue weighted by Crippen LogP contribution is -1.98. The summed E-state index contributed by atoms with van der Waals surface area (Å²) in [4.78, 5) is 0. The predicted octanol–water partition coefficient (Wildman–Crippen LogP) is 4.99. The van der Waals surface area contributed by atoms with Gasteiger partial charge in [0.25, 0.3) is 0 Å². The van der Waals surface area contributed by atoms with Crippen LogP contribution in [-0.2, 0) is 6.61 Å². The summed E-state index contributed by atoms with van der Waals surface area (Å²) in [6, 6.07) is 20.2. The van der Waals surface area contributed by atoms with Crippen LogP contribution in [0.1, 0.15) is 11.1 Å². The molecule has 0 saturated heterocycles. The van der Waals surface area contributed by atoms with E-state index in [2.05, 4.69) is 10.5 Å². The first kappa shape index (κ1) is 16.6. The summed E-state index contributed by atoms with van der Waals surface area (Å²) >= 11 is 0. The van der Waals surface area contributed by atoms with Crippen molar-refractivity contribution in [1.82, 2.24) is 0 Å². The zero-order valence-corrected chi connectivity index (χ0v) is 13.3. The Morgan fingerprint density at radius 3 is 2.40 bits per heavy atom. The zero-order valence-electron chi connectivity index (χ0n) is 13.3. The smallest absolute Gasteiger partial charge is 0.126 e. The highest BCUT2D eigenvalue weighted by molar-refractivity contribution is 5.80. The number of halogens is 2. The normalized spacial score (nSPS) is 10.8. The lowest BCUT2D eigenvalue weighted by atomic mass is 10.2. The quantitative estimate of drug-likeness (QED) is 0.507. The van der Waals surface area contributed by atoms with Crippen LogP contribution in [0.2, 0.25) is 0 Å². The van der Waals surface area contributed by atoms with Crippen LogP contribution in [0.5, 0.6) is 5.75 Å². The van der Waals surface area contributed by atoms with Crippen molar-refractivity contribution < 1.29 is 13.5 Å². The third kappa shape index (κ3) is 5.14. The molecule has 3 aromatic carbocycles. The maximum Gasteiger partial charge on any atom is 0.126 e. The number of hydrogen-bond donors (Lipinski definition) is 1. The van der Waals surface area contributed by atoms with E-state index in [1.807, 2.05) is 42.5 Å². The molecule has 0 saturated carbocycles. The number of hydrogen-bond acceptors (Lipinski definition) is 3. The van der Waals surface area contributed by atoms with Gasteiger partial charge in [-0.1, -0.05) is 30.3 Å². The number of benzene rings is 3. The molecule has 0 aliphatic rings. The number of ether oxygens (including phenoxy) is 1. The number of anilines is 1. The van der Waals surface area contributed by atoms with Crippen molar-refractivity contribution in [1.29, 1.82) is 0 Å². The van der Waals surface area contributed by atoms with Crippen LogP contribution in [0.25, 0.3) is 0 Å². The van der Waals surface area contributed by atoms with Gasteiger partial charge in [0.05, 0.1) is 11.9 Å². The molecule has 0 aliphatic heterocycles. The van der Waals surface area contributed by atoms with Crippen LogP contribution in [-0.4, -0.2) is 6.21 Å². The van der Waals surface area contributed by atoms with Gasteiger partial charge in [-0.2, -0.15) is 5.10 Å². The summed E-state index contributed by atoms with van der Waals surface area (Å²) in [5.74, 6) is -0.647. The fourth-order valence-electron chi connectivity index (χ4n) is 2.24. The van der Waals surface area contributed by atoms with E-state index in [0.29, 0.717) is 11.3 Å². The summed E-state index contributed by atoms with van der Waals surface area (Å²) in [5, 5.41) is 4.16. The molecular formula is C20H16F2N2O. The number of nitrogens with zero attached hydrogens (tertiary/aromatic N) is 1. The Morgan fingerprint density at radius 1 is 0.880 bits per heavy atom. The molecule has 126 valence electrons. The second-order valence-corrected chi connectivity index (χ2v) is 5.37. The van der Waals surface area contributed by atoms with Crippen molar-refractivity contribution in [3.05, 3.63) is 95.6 Å². The Morgan fingerprint density at radius 2 is 1.64 bits per heavy atom. The third-order valence-electron chi connectivity index (χ3n) is 3.37. The highest BCUT2D eigenvalue weighted by Gasteiger charge is 2.02. The summed E-state index contributed by atoms with van der Waals surface area (Å²) in [7, 11) is 0. The van der Waals surface area contributed by atoms with Crippen molar-refractivity contribution in [2.45, 2.75) is 6.61 Å². The standard InChI is InChI=1S/C20H16F2N2O/c21-17-9-16(10-18(22)12-17)14-25-20-8-4-5-15(11-20)13-23-24-19-6-2-1-3-7-19/h1-13,24H,14H2. The maximum atomic E-state index is 13.2. The average molecular weight is 338 g/mol. The van der Waals surface area contributed by atoms with E-state index in [1.165, 1.54) is 12.1 Å². The lowest BCUT2D eigenvalue weighted by Gasteiger charge is -2.07. The second kappa shape index (κ2) is 8.06. The lowest BCUT2D eigenvalue weighted by molar-refractivity contribution is 0.305. The average Bonchev–Trinajstić information content (AvgIpc) is 2.61. The Balaban J connectivity index is 1.61. The molecule has 0 atom stereocenters. The van der Waals surface area contributed by atoms with E-state index in [-0.39, 0.29) is 6.61 Å². The minimum atomic E-state index is -0.619. The summed E-state index contributed by atoms with van der Waals surface area (Å²) in [6.45, 7) is 0.0809. The molecule has 25 heavy (non-hydrogen) atoms. The molecule has 0 radical (unpaired) electrons. The van der Waals surface area contributed by atoms with Crippen LogP contribution in [0.4, 0.5) is 14.5 Å². The van der Waals surface area contributed by atoms with Crippen LogP contribution < -0.4 is 10.2 Å². The molecule has 3 nitrogen and oxygen atoms in total. The van der Waals surface area contributed by atoms with E-state index in [4.69, 9.17) is 4.74 Å². The molecule has 0 fully saturated rings. The van der Waals surface area contributed by atoms with E-state index in [1.54, 1.807) is 18.3 Å². The SMILES string of the molecule is Fc1cc(F)cc(COc2cccc(C=NNc3ccccc3)c2)c1. The van der Waals surface area contributed by atoms with Crippen LogP contribution in [0.15, 0.2) is 77.9 Å². The Kier molecular flexibility index (Phi) is 5.36. The minimum absolute atomic E-state index is 0.0809. The summed E-state index contributed by atoms with van der Waals surface area (Å²) in [5.41, 5.74) is 5.09. The van der Waals surface area contributed by atoms with E-state index in [0.717, 1.165) is 17.3 Å². The minimum Gasteiger partial charge on any atom is -0.489 e. The largest absolute Gasteiger partial charge is 0.489 e. The third-order valence-corrected chi connectivity index (χ3v) is 3.37. The molecule has 3 aromatic rings. The van der Waals surface area contributed by atoms with Gasteiger partial charge in [0.1, 0.15) is 24.0 Å². The number of rotatable bonds is 6. The van der Waals surface area contributed by atoms with Crippen LogP contribution >= 0.6 is 0 Å². The molecule has 0 aliphatic carbocycles. The van der Waals surface area contributed by atoms with Gasteiger partial charge in [-0.25, -0.2) is 8.78 Å². The van der Waals surface area contributed by atoms with Gasteiger partial charge in [0.2, 0.25) is 0 Å². The maximum absolute atomic E-state index is 13.2. The van der Waals surface area contributed by atoms with Crippen molar-refractivity contribution in [2.24, 2.45) is 5.10 Å². The van der Waals surface area contributed by atoms with Gasteiger partial charge in [0.15, 0.2) is 0 Å². The number of nitrogens with one attached hydrogen (secondary N) is 1. The number of hydrazone groups is 1. The van der Waals surface area contributed by atoms with Gasteiger partial charge < -0.3 is 4.74 Å². The Labute approximate surface area is 144 Å². The number of para-hydroxylation sites is 1. The van der Waals surface area contributed by atoms with Crippen LogP contribution in [0, 0.1) is 11.6 Å². The van der Waals surface area contributed by atoms with E-state index < -0.39 is 11.6 Å². The summed E-state index contributed by atoms with van der Waals surface area (Å²) in [6.07, 6.45) is 1.67. The molecule has 5 heteroatoms. The Bertz CT molecular complexity index is 846. The molecule has 0 spiro atoms. The zero-order chi connectivity index (χ0) is 17.5. The van der Waals surface area contributed by atoms with Gasteiger partial charge in [-0.05, 0) is 47.5 Å². The van der Waals surface area contributed by atoms with Crippen LogP contribution in [0.3, 0.4) is 0 Å². The van der Waals surface area contributed by atoms with Gasteiger partial charge >= 0.3 is 0 Å². The highest BCUT2D eigenvalue weighted by Crippen LogP contribution is 2.16. The monoisotopic (exact) mass is 338 g/mol. The predicted molar refractivity (Wildman–Crippen MR) is 94.8 cm³/mol. The summed E-state index contributed by atoms with van der Waals surface area (Å²) < 4.78 is 31.9. The molecule has 1 N–H and O–H groups in total. The van der Waals surface area contributed by atoms with Crippen molar-refractivity contribution >= 4 is 11.9 Å². The van der Waals surface area contributed by atoms with E-state index in [9.17, 15) is 8.78 Å². The van der Waals surface area contributed by atoms with Crippen molar-refractivity contribution in [3.63, 3.8) is 0 Å². The fraction of sp³-hybridized carbons (Fsp3) is 0.0500. The fourth-order valence-corrected chi connectivity index (χ4v) is 2.24. The molecule has 3 rings (SSSR count). The van der Waals surface area contributed by atoms with Gasteiger partial charge in [-0.3, -0.25) is 5.43 Å².